The molecule has 0 aliphatic rings. The van der Waals surface area contributed by atoms with E-state index in [2.05, 4.69) is 22.2 Å². The molecule has 29 heavy (non-hydrogen) atoms. The average molecular weight is 397 g/mol. The van der Waals surface area contributed by atoms with Crippen LogP contribution >= 0.6 is 0 Å². The number of hydrogen-bond acceptors (Lipinski definition) is 5. The Labute approximate surface area is 170 Å². The van der Waals surface area contributed by atoms with E-state index in [0.717, 1.165) is 23.1 Å². The van der Waals surface area contributed by atoms with Crippen molar-refractivity contribution in [3.63, 3.8) is 0 Å². The van der Waals surface area contributed by atoms with Crippen LogP contribution in [0.25, 0.3) is 11.1 Å². The number of ether oxygens (including phenoxy) is 2. The van der Waals surface area contributed by atoms with Crippen LogP contribution < -0.4 is 11.1 Å². The highest BCUT2D eigenvalue weighted by Crippen LogP contribution is 2.20. The molecular formula is C22H27N3O4. The van der Waals surface area contributed by atoms with Gasteiger partial charge in [-0.3, -0.25) is 10.2 Å². The van der Waals surface area contributed by atoms with Crippen LogP contribution in [0.4, 0.5) is 4.79 Å². The number of carbonyl (C=O) groups excluding carboxylic acids is 2. The summed E-state index contributed by atoms with van der Waals surface area (Å²) in [7, 11) is 0. The van der Waals surface area contributed by atoms with Gasteiger partial charge in [-0.25, -0.2) is 4.79 Å². The molecule has 4 N–H and O–H groups in total. The molecule has 0 bridgehead atoms. The molecule has 0 spiro atoms. The first-order chi connectivity index (χ1) is 14.0. The zero-order valence-electron chi connectivity index (χ0n) is 16.5. The van der Waals surface area contributed by atoms with Crippen molar-refractivity contribution in [1.29, 1.82) is 5.41 Å². The molecule has 1 atom stereocenters. The van der Waals surface area contributed by atoms with Gasteiger partial charge in [0.1, 0.15) is 0 Å². The van der Waals surface area contributed by atoms with Crippen LogP contribution in [-0.4, -0.2) is 37.2 Å². The van der Waals surface area contributed by atoms with E-state index in [1.54, 1.807) is 0 Å². The van der Waals surface area contributed by atoms with E-state index in [1.165, 1.54) is 0 Å². The van der Waals surface area contributed by atoms with Gasteiger partial charge in [0, 0.05) is 19.3 Å². The highest BCUT2D eigenvalue weighted by molar-refractivity contribution is 6.35. The molecule has 154 valence electrons. The van der Waals surface area contributed by atoms with Gasteiger partial charge >= 0.3 is 12.0 Å². The highest BCUT2D eigenvalue weighted by Gasteiger charge is 2.19. The zero-order chi connectivity index (χ0) is 21.1. The third-order valence-corrected chi connectivity index (χ3v) is 4.33. The Bertz CT molecular complexity index is 807. The number of rotatable bonds is 9. The lowest BCUT2D eigenvalue weighted by Crippen LogP contribution is -2.42. The van der Waals surface area contributed by atoms with Crippen LogP contribution in [-0.2, 0) is 20.7 Å². The summed E-state index contributed by atoms with van der Waals surface area (Å²) >= 11 is 0. The Morgan fingerprint density at radius 3 is 2.34 bits per heavy atom. The molecule has 0 aliphatic carbocycles. The van der Waals surface area contributed by atoms with Gasteiger partial charge in [0.2, 0.25) is 0 Å². The first kappa shape index (κ1) is 22.1. The maximum atomic E-state index is 12.1. The summed E-state index contributed by atoms with van der Waals surface area (Å²) in [5, 5.41) is 10.2. The predicted molar refractivity (Wildman–Crippen MR) is 112 cm³/mol. The number of nitrogens with one attached hydrogen (secondary N) is 2. The lowest BCUT2D eigenvalue weighted by atomic mass is 9.98. The normalized spacial score (nSPS) is 11.5. The summed E-state index contributed by atoms with van der Waals surface area (Å²) in [4.78, 5) is 22.9. The molecule has 0 heterocycles. The molecule has 2 amide bonds. The fraction of sp³-hybridized carbons (Fsp3) is 0.318. The molecule has 0 aliphatic heterocycles. The minimum Gasteiger partial charge on any atom is -0.386 e. The van der Waals surface area contributed by atoms with Crippen molar-refractivity contribution in [3.05, 3.63) is 60.2 Å². The van der Waals surface area contributed by atoms with Crippen molar-refractivity contribution < 1.29 is 19.1 Å². The molecule has 0 saturated carbocycles. The molecule has 0 aromatic heterocycles. The van der Waals surface area contributed by atoms with Crippen molar-refractivity contribution in [2.45, 2.75) is 32.2 Å². The summed E-state index contributed by atoms with van der Waals surface area (Å²) in [6.07, 6.45) is 0.812. The van der Waals surface area contributed by atoms with E-state index in [-0.39, 0.29) is 6.04 Å². The lowest BCUT2D eigenvalue weighted by Gasteiger charge is -2.19. The van der Waals surface area contributed by atoms with E-state index in [9.17, 15) is 9.59 Å². The maximum absolute atomic E-state index is 12.1. The quantitative estimate of drug-likeness (QED) is 0.342. The first-order valence-electron chi connectivity index (χ1n) is 9.58. The van der Waals surface area contributed by atoms with Crippen molar-refractivity contribution >= 4 is 17.9 Å². The van der Waals surface area contributed by atoms with Crippen LogP contribution in [0.1, 0.15) is 25.3 Å². The van der Waals surface area contributed by atoms with E-state index < -0.39 is 17.9 Å². The molecular weight excluding hydrogens is 370 g/mol. The van der Waals surface area contributed by atoms with E-state index in [4.69, 9.17) is 15.9 Å². The molecule has 1 unspecified atom stereocenters. The van der Waals surface area contributed by atoms with E-state index >= 15 is 0 Å². The Morgan fingerprint density at radius 1 is 1.07 bits per heavy atom. The van der Waals surface area contributed by atoms with Crippen molar-refractivity contribution in [2.24, 2.45) is 5.73 Å². The second-order valence-electron chi connectivity index (χ2n) is 6.53. The zero-order valence-corrected chi connectivity index (χ0v) is 16.5. The smallest absolute Gasteiger partial charge is 0.386 e. The maximum Gasteiger partial charge on any atom is 0.411 e. The Hall–Kier alpha value is -3.19. The van der Waals surface area contributed by atoms with Gasteiger partial charge in [-0.15, -0.1) is 0 Å². The summed E-state index contributed by atoms with van der Waals surface area (Å²) in [5.74, 6) is -1.59. The van der Waals surface area contributed by atoms with Crippen LogP contribution in [0.3, 0.4) is 0 Å². The summed E-state index contributed by atoms with van der Waals surface area (Å²) < 4.78 is 9.72. The van der Waals surface area contributed by atoms with Crippen LogP contribution in [0.2, 0.25) is 0 Å². The topological polar surface area (TPSA) is 114 Å². The van der Waals surface area contributed by atoms with Crippen molar-refractivity contribution in [1.82, 2.24) is 5.32 Å². The number of primary amides is 1. The molecule has 0 saturated heterocycles. The summed E-state index contributed by atoms with van der Waals surface area (Å²) in [5.41, 5.74) is 8.16. The fourth-order valence-corrected chi connectivity index (χ4v) is 2.95. The SMILES string of the molecule is CCOCCCC(Cc1ccc(-c2ccccc2)cc1)NC(=O)C(=N)OC(N)=O. The molecule has 7 heteroatoms. The average Bonchev–Trinajstić information content (AvgIpc) is 2.71. The monoisotopic (exact) mass is 397 g/mol. The van der Waals surface area contributed by atoms with Crippen molar-refractivity contribution in [3.8, 4) is 11.1 Å². The Balaban J connectivity index is 2.02. The fourth-order valence-electron chi connectivity index (χ4n) is 2.95. The molecule has 0 radical (unpaired) electrons. The summed E-state index contributed by atoms with van der Waals surface area (Å²) in [6.45, 7) is 3.15. The first-order valence-corrected chi connectivity index (χ1v) is 9.58. The van der Waals surface area contributed by atoms with Gasteiger partial charge in [0.15, 0.2) is 0 Å². The highest BCUT2D eigenvalue weighted by atomic mass is 16.6. The van der Waals surface area contributed by atoms with Crippen LogP contribution in [0, 0.1) is 5.41 Å². The lowest BCUT2D eigenvalue weighted by molar-refractivity contribution is -0.116. The van der Waals surface area contributed by atoms with Gasteiger partial charge in [-0.05, 0) is 42.9 Å². The predicted octanol–water partition coefficient (Wildman–Crippen LogP) is 3.27. The molecule has 2 aromatic carbocycles. The van der Waals surface area contributed by atoms with Gasteiger partial charge in [0.05, 0.1) is 0 Å². The van der Waals surface area contributed by atoms with E-state index in [1.807, 2.05) is 49.4 Å². The molecule has 2 aromatic rings. The molecule has 7 nitrogen and oxygen atoms in total. The van der Waals surface area contributed by atoms with Gasteiger partial charge < -0.3 is 20.5 Å². The molecule has 2 rings (SSSR count). The number of carbonyl (C=O) groups is 2. The van der Waals surface area contributed by atoms with Crippen molar-refractivity contribution in [2.75, 3.05) is 13.2 Å². The molecule has 0 fully saturated rings. The van der Waals surface area contributed by atoms with Gasteiger partial charge in [0.25, 0.3) is 5.90 Å². The van der Waals surface area contributed by atoms with E-state index in [0.29, 0.717) is 26.1 Å². The Morgan fingerprint density at radius 2 is 1.72 bits per heavy atom. The van der Waals surface area contributed by atoms with Crippen LogP contribution in [0.5, 0.6) is 0 Å². The second-order valence-corrected chi connectivity index (χ2v) is 6.53. The third kappa shape index (κ3) is 7.75. The minimum atomic E-state index is -1.19. The largest absolute Gasteiger partial charge is 0.411 e. The van der Waals surface area contributed by atoms with Gasteiger partial charge in [-0.2, -0.15) is 0 Å². The number of hydrogen-bond donors (Lipinski definition) is 3. The number of nitrogens with two attached hydrogens (primary N) is 1. The van der Waals surface area contributed by atoms with Gasteiger partial charge in [-0.1, -0.05) is 54.6 Å². The number of amides is 2. The standard InChI is InChI=1S/C22H27N3O4/c1-2-28-14-6-9-19(25-21(26)20(23)29-22(24)27)15-16-10-12-18(13-11-16)17-7-4-3-5-8-17/h3-5,7-8,10-13,19,23H,2,6,9,14-15H2,1H3,(H2,24,27)(H,25,26). The second kappa shape index (κ2) is 11.6. The van der Waals surface area contributed by atoms with Crippen LogP contribution in [0.15, 0.2) is 54.6 Å². The number of benzene rings is 2. The Kier molecular flexibility index (Phi) is 8.85. The third-order valence-electron chi connectivity index (χ3n) is 4.33. The summed E-state index contributed by atoms with van der Waals surface area (Å²) in [6, 6.07) is 18.0. The minimum absolute atomic E-state index is 0.234.